The normalized spacial score (nSPS) is 14.4. The molecular weight excluding hydrogens is 428 g/mol. The SMILES string of the molecule is O=C(CCc1csc2nc(-c3ccccc3)cn12)N1CCN(c2ccccc2Cl)CC1. The molecule has 0 aliphatic carbocycles. The van der Waals surface area contributed by atoms with Crippen molar-refractivity contribution in [2.45, 2.75) is 12.8 Å². The maximum absolute atomic E-state index is 12.8. The van der Waals surface area contributed by atoms with Gasteiger partial charge in [-0.2, -0.15) is 0 Å². The predicted molar refractivity (Wildman–Crippen MR) is 127 cm³/mol. The van der Waals surface area contributed by atoms with Crippen LogP contribution in [-0.2, 0) is 11.2 Å². The smallest absolute Gasteiger partial charge is 0.223 e. The highest BCUT2D eigenvalue weighted by Gasteiger charge is 2.22. The van der Waals surface area contributed by atoms with E-state index < -0.39 is 0 Å². The van der Waals surface area contributed by atoms with Gasteiger partial charge in [0.1, 0.15) is 0 Å². The Kier molecular flexibility index (Phi) is 5.66. The molecule has 1 amide bonds. The van der Waals surface area contributed by atoms with Gasteiger partial charge in [0.15, 0.2) is 4.96 Å². The van der Waals surface area contributed by atoms with Crippen LogP contribution in [0.1, 0.15) is 12.1 Å². The van der Waals surface area contributed by atoms with Gasteiger partial charge in [0.25, 0.3) is 0 Å². The van der Waals surface area contributed by atoms with Crippen LogP contribution < -0.4 is 4.90 Å². The van der Waals surface area contributed by atoms with Gasteiger partial charge >= 0.3 is 0 Å². The minimum absolute atomic E-state index is 0.210. The molecule has 0 radical (unpaired) electrons. The van der Waals surface area contributed by atoms with Gasteiger partial charge in [-0.25, -0.2) is 4.98 Å². The molecule has 7 heteroatoms. The number of amides is 1. The van der Waals surface area contributed by atoms with Crippen LogP contribution in [-0.4, -0.2) is 46.4 Å². The maximum Gasteiger partial charge on any atom is 0.223 e. The number of piperazine rings is 1. The summed E-state index contributed by atoms with van der Waals surface area (Å²) in [7, 11) is 0. The number of rotatable bonds is 5. The van der Waals surface area contributed by atoms with E-state index in [1.165, 1.54) is 0 Å². The largest absolute Gasteiger partial charge is 0.367 e. The van der Waals surface area contributed by atoms with E-state index in [2.05, 4.69) is 33.0 Å². The molecule has 0 spiro atoms. The molecule has 2 aromatic carbocycles. The van der Waals surface area contributed by atoms with Crippen LogP contribution in [0.5, 0.6) is 0 Å². The number of thiazole rings is 1. The molecule has 2 aromatic heterocycles. The molecular formula is C24H23ClN4OS. The molecule has 1 saturated heterocycles. The molecule has 0 unspecified atom stereocenters. The summed E-state index contributed by atoms with van der Waals surface area (Å²) in [5.74, 6) is 0.210. The summed E-state index contributed by atoms with van der Waals surface area (Å²) in [6, 6.07) is 18.1. The molecule has 158 valence electrons. The van der Waals surface area contributed by atoms with E-state index in [0.29, 0.717) is 12.8 Å². The van der Waals surface area contributed by atoms with Crippen LogP contribution in [0.2, 0.25) is 5.02 Å². The molecule has 1 fully saturated rings. The molecule has 5 rings (SSSR count). The zero-order chi connectivity index (χ0) is 21.2. The molecule has 5 nitrogen and oxygen atoms in total. The van der Waals surface area contributed by atoms with Crippen LogP contribution in [0.4, 0.5) is 5.69 Å². The second-order valence-electron chi connectivity index (χ2n) is 7.69. The van der Waals surface area contributed by atoms with Crippen molar-refractivity contribution in [3.8, 4) is 11.3 Å². The number of fused-ring (bicyclic) bond motifs is 1. The number of para-hydroxylation sites is 1. The first-order valence-corrected chi connectivity index (χ1v) is 11.7. The zero-order valence-corrected chi connectivity index (χ0v) is 18.6. The van der Waals surface area contributed by atoms with E-state index in [0.717, 1.165) is 58.8 Å². The summed E-state index contributed by atoms with van der Waals surface area (Å²) in [5.41, 5.74) is 4.26. The lowest BCUT2D eigenvalue weighted by molar-refractivity contribution is -0.131. The summed E-state index contributed by atoms with van der Waals surface area (Å²) >= 11 is 7.95. The van der Waals surface area contributed by atoms with Crippen molar-refractivity contribution in [3.63, 3.8) is 0 Å². The Morgan fingerprint density at radius 2 is 1.74 bits per heavy atom. The summed E-state index contributed by atoms with van der Waals surface area (Å²) in [6.45, 7) is 3.07. The summed E-state index contributed by atoms with van der Waals surface area (Å²) in [5, 5.41) is 2.87. The van der Waals surface area contributed by atoms with Crippen molar-refractivity contribution in [1.82, 2.24) is 14.3 Å². The molecule has 1 aliphatic rings. The quantitative estimate of drug-likeness (QED) is 0.429. The number of aromatic nitrogens is 2. The van der Waals surface area contributed by atoms with Gasteiger partial charge in [-0.15, -0.1) is 11.3 Å². The first kappa shape index (κ1) is 20.1. The number of imidazole rings is 1. The van der Waals surface area contributed by atoms with Crippen molar-refractivity contribution in [2.24, 2.45) is 0 Å². The van der Waals surface area contributed by atoms with Gasteiger partial charge in [0.2, 0.25) is 5.91 Å². The number of benzene rings is 2. The Morgan fingerprint density at radius 3 is 2.52 bits per heavy atom. The van der Waals surface area contributed by atoms with Gasteiger partial charge in [-0.1, -0.05) is 54.1 Å². The standard InChI is InChI=1S/C24H23ClN4OS/c25-20-8-4-5-9-22(20)27-12-14-28(15-13-27)23(30)11-10-19-17-31-24-26-21(16-29(19)24)18-6-2-1-3-7-18/h1-9,16-17H,10-15H2. The van der Waals surface area contributed by atoms with E-state index in [1.54, 1.807) is 11.3 Å². The van der Waals surface area contributed by atoms with E-state index >= 15 is 0 Å². The fourth-order valence-electron chi connectivity index (χ4n) is 4.06. The molecule has 0 saturated carbocycles. The number of halogens is 1. The highest BCUT2D eigenvalue weighted by molar-refractivity contribution is 7.15. The first-order chi connectivity index (χ1) is 15.2. The Morgan fingerprint density at radius 1 is 1.00 bits per heavy atom. The molecule has 0 bridgehead atoms. The third kappa shape index (κ3) is 4.18. The average molecular weight is 451 g/mol. The van der Waals surface area contributed by atoms with Crippen molar-refractivity contribution in [2.75, 3.05) is 31.1 Å². The van der Waals surface area contributed by atoms with Crippen molar-refractivity contribution in [3.05, 3.63) is 76.9 Å². The lowest BCUT2D eigenvalue weighted by Crippen LogP contribution is -2.49. The third-order valence-corrected chi connectivity index (χ3v) is 6.98. The lowest BCUT2D eigenvalue weighted by Gasteiger charge is -2.36. The van der Waals surface area contributed by atoms with Crippen LogP contribution in [0.15, 0.2) is 66.2 Å². The Labute approximate surface area is 190 Å². The molecule has 4 aromatic rings. The highest BCUT2D eigenvalue weighted by Crippen LogP contribution is 2.27. The molecule has 0 N–H and O–H groups in total. The van der Waals surface area contributed by atoms with Crippen LogP contribution in [0.3, 0.4) is 0 Å². The monoisotopic (exact) mass is 450 g/mol. The van der Waals surface area contributed by atoms with Crippen molar-refractivity contribution in [1.29, 1.82) is 0 Å². The second-order valence-corrected chi connectivity index (χ2v) is 8.93. The van der Waals surface area contributed by atoms with Gasteiger partial charge < -0.3 is 9.80 Å². The van der Waals surface area contributed by atoms with E-state index in [9.17, 15) is 4.79 Å². The Hall–Kier alpha value is -2.83. The maximum atomic E-state index is 12.8. The minimum Gasteiger partial charge on any atom is -0.367 e. The van der Waals surface area contributed by atoms with Crippen molar-refractivity contribution < 1.29 is 4.79 Å². The lowest BCUT2D eigenvalue weighted by atomic mass is 10.2. The molecule has 3 heterocycles. The highest BCUT2D eigenvalue weighted by atomic mass is 35.5. The number of anilines is 1. The van der Waals surface area contributed by atoms with Crippen LogP contribution in [0, 0.1) is 0 Å². The van der Waals surface area contributed by atoms with E-state index in [1.807, 2.05) is 47.4 Å². The number of carbonyl (C=O) groups excluding carboxylic acids is 1. The minimum atomic E-state index is 0.210. The van der Waals surface area contributed by atoms with Gasteiger partial charge in [-0.3, -0.25) is 9.20 Å². The first-order valence-electron chi connectivity index (χ1n) is 10.5. The van der Waals surface area contributed by atoms with Gasteiger partial charge in [-0.05, 0) is 18.6 Å². The van der Waals surface area contributed by atoms with Gasteiger partial charge in [0.05, 0.1) is 16.4 Å². The molecule has 0 atom stereocenters. The van der Waals surface area contributed by atoms with E-state index in [4.69, 9.17) is 16.6 Å². The predicted octanol–water partition coefficient (Wildman–Crippen LogP) is 5.00. The third-order valence-electron chi connectivity index (χ3n) is 5.77. The number of nitrogens with zero attached hydrogens (tertiary/aromatic N) is 4. The number of aryl methyl sites for hydroxylation is 1. The van der Waals surface area contributed by atoms with E-state index in [-0.39, 0.29) is 5.91 Å². The molecule has 1 aliphatic heterocycles. The second kappa shape index (κ2) is 8.73. The Balaban J connectivity index is 1.20. The topological polar surface area (TPSA) is 40.9 Å². The number of hydrogen-bond donors (Lipinski definition) is 0. The average Bonchev–Trinajstić information content (AvgIpc) is 3.40. The summed E-state index contributed by atoms with van der Waals surface area (Å²) < 4.78 is 2.12. The van der Waals surface area contributed by atoms with Crippen LogP contribution >= 0.6 is 22.9 Å². The molecule has 31 heavy (non-hydrogen) atoms. The Bertz CT molecular complexity index is 1190. The fraction of sp³-hybridized carbons (Fsp3) is 0.250. The zero-order valence-electron chi connectivity index (χ0n) is 17.1. The number of carbonyl (C=O) groups is 1. The summed E-state index contributed by atoms with van der Waals surface area (Å²) in [4.78, 5) is 22.8. The van der Waals surface area contributed by atoms with Crippen LogP contribution in [0.25, 0.3) is 16.2 Å². The summed E-state index contributed by atoms with van der Waals surface area (Å²) in [6.07, 6.45) is 3.30. The van der Waals surface area contributed by atoms with Crippen molar-refractivity contribution >= 4 is 39.5 Å². The number of hydrogen-bond acceptors (Lipinski definition) is 4. The van der Waals surface area contributed by atoms with Gasteiger partial charge in [0, 0.05) is 55.4 Å². The fourth-order valence-corrected chi connectivity index (χ4v) is 5.22.